The predicted molar refractivity (Wildman–Crippen MR) is 58.7 cm³/mol. The fraction of sp³-hybridized carbons (Fsp3) is 0.385. The van der Waals surface area contributed by atoms with Gasteiger partial charge in [0.05, 0.1) is 0 Å². The first-order valence-corrected chi connectivity index (χ1v) is 4.98. The Kier molecular flexibility index (Phi) is 4.31. The van der Waals surface area contributed by atoms with Crippen molar-refractivity contribution in [1.82, 2.24) is 0 Å². The van der Waals surface area contributed by atoms with E-state index < -0.39 is 0 Å². The van der Waals surface area contributed by atoms with Gasteiger partial charge in [0.2, 0.25) is 0 Å². The Morgan fingerprint density at radius 2 is 1.77 bits per heavy atom. The van der Waals surface area contributed by atoms with Crippen LogP contribution in [0.1, 0.15) is 25.8 Å². The molecule has 0 bridgehead atoms. The van der Waals surface area contributed by atoms with Gasteiger partial charge in [-0.15, -0.1) is 0 Å². The largest absolute Gasteiger partial charge is 0.0880 e. The van der Waals surface area contributed by atoms with Gasteiger partial charge in [0.25, 0.3) is 0 Å². The summed E-state index contributed by atoms with van der Waals surface area (Å²) in [6.07, 6.45) is 6.79. The fourth-order valence-electron chi connectivity index (χ4n) is 1.20. The van der Waals surface area contributed by atoms with Crippen LogP contribution < -0.4 is 0 Å². The molecule has 0 unspecified atom stereocenters. The van der Waals surface area contributed by atoms with Crippen molar-refractivity contribution >= 4 is 0 Å². The Balaban J connectivity index is 2.31. The first-order valence-electron chi connectivity index (χ1n) is 4.98. The molecule has 0 saturated carbocycles. The third-order valence-corrected chi connectivity index (χ3v) is 1.97. The van der Waals surface area contributed by atoms with Gasteiger partial charge in [0, 0.05) is 0 Å². The molecule has 70 valence electrons. The molecule has 1 rings (SSSR count). The second-order valence-corrected chi connectivity index (χ2v) is 3.79. The maximum atomic E-state index is 2.28. The highest BCUT2D eigenvalue weighted by Crippen LogP contribution is 2.03. The molecule has 0 N–H and O–H groups in total. The standard InChI is InChI=1S/C13H18/c1-12(2)8-6-7-11-13-9-4-3-5-10-13/h3-7,9-10,12H,8,11H2,1-2H3/b7-6+. The topological polar surface area (TPSA) is 0 Å². The second-order valence-electron chi connectivity index (χ2n) is 3.79. The summed E-state index contributed by atoms with van der Waals surface area (Å²) in [4.78, 5) is 0. The van der Waals surface area contributed by atoms with Crippen molar-refractivity contribution in [1.29, 1.82) is 0 Å². The quantitative estimate of drug-likeness (QED) is 0.608. The van der Waals surface area contributed by atoms with E-state index in [1.807, 2.05) is 0 Å². The van der Waals surface area contributed by atoms with Crippen molar-refractivity contribution in [3.05, 3.63) is 48.0 Å². The van der Waals surface area contributed by atoms with Gasteiger partial charge in [-0.25, -0.2) is 0 Å². The van der Waals surface area contributed by atoms with Crippen LogP contribution in [-0.4, -0.2) is 0 Å². The van der Waals surface area contributed by atoms with Crippen LogP contribution in [-0.2, 0) is 6.42 Å². The Morgan fingerprint density at radius 1 is 1.08 bits per heavy atom. The van der Waals surface area contributed by atoms with Gasteiger partial charge < -0.3 is 0 Å². The van der Waals surface area contributed by atoms with Crippen LogP contribution in [0.5, 0.6) is 0 Å². The summed E-state index contributed by atoms with van der Waals surface area (Å²) in [5.74, 6) is 0.770. The highest BCUT2D eigenvalue weighted by Gasteiger charge is 1.88. The van der Waals surface area contributed by atoms with Gasteiger partial charge in [-0.1, -0.05) is 56.3 Å². The van der Waals surface area contributed by atoms with Crippen LogP contribution in [0, 0.1) is 5.92 Å². The number of allylic oxidation sites excluding steroid dienone is 2. The molecular weight excluding hydrogens is 156 g/mol. The minimum Gasteiger partial charge on any atom is -0.0880 e. The molecule has 0 aromatic heterocycles. The molecule has 0 heteroatoms. The van der Waals surface area contributed by atoms with E-state index >= 15 is 0 Å². The molecule has 0 heterocycles. The third kappa shape index (κ3) is 4.51. The van der Waals surface area contributed by atoms with E-state index in [4.69, 9.17) is 0 Å². The molecule has 0 nitrogen and oxygen atoms in total. The van der Waals surface area contributed by atoms with Crippen LogP contribution in [0.3, 0.4) is 0 Å². The monoisotopic (exact) mass is 174 g/mol. The summed E-state index contributed by atoms with van der Waals surface area (Å²) >= 11 is 0. The smallest absolute Gasteiger partial charge is 0.00975 e. The molecule has 0 radical (unpaired) electrons. The highest BCUT2D eigenvalue weighted by atomic mass is 13.9. The van der Waals surface area contributed by atoms with E-state index in [1.54, 1.807) is 0 Å². The van der Waals surface area contributed by atoms with Crippen molar-refractivity contribution in [2.45, 2.75) is 26.7 Å². The maximum absolute atomic E-state index is 2.28. The Hall–Kier alpha value is -1.04. The average molecular weight is 174 g/mol. The molecular formula is C13H18. The third-order valence-electron chi connectivity index (χ3n) is 1.97. The lowest BCUT2D eigenvalue weighted by atomic mass is 10.1. The van der Waals surface area contributed by atoms with Crippen molar-refractivity contribution in [3.8, 4) is 0 Å². The molecule has 13 heavy (non-hydrogen) atoms. The lowest BCUT2D eigenvalue weighted by Gasteiger charge is -1.97. The SMILES string of the molecule is CC(C)C/C=C/Cc1ccccc1. The summed E-state index contributed by atoms with van der Waals surface area (Å²) in [6, 6.07) is 10.6. The van der Waals surface area contributed by atoms with Crippen LogP contribution in [0.25, 0.3) is 0 Å². The van der Waals surface area contributed by atoms with Crippen LogP contribution in [0.15, 0.2) is 42.5 Å². The van der Waals surface area contributed by atoms with E-state index in [9.17, 15) is 0 Å². The Morgan fingerprint density at radius 3 is 2.38 bits per heavy atom. The van der Waals surface area contributed by atoms with Crippen molar-refractivity contribution in [2.75, 3.05) is 0 Å². The second kappa shape index (κ2) is 5.58. The van der Waals surface area contributed by atoms with Crippen LogP contribution in [0.4, 0.5) is 0 Å². The summed E-state index contributed by atoms with van der Waals surface area (Å²) in [7, 11) is 0. The van der Waals surface area contributed by atoms with E-state index in [2.05, 4.69) is 56.3 Å². The van der Waals surface area contributed by atoms with Crippen molar-refractivity contribution in [3.63, 3.8) is 0 Å². The van der Waals surface area contributed by atoms with Gasteiger partial charge in [0.15, 0.2) is 0 Å². The van der Waals surface area contributed by atoms with Crippen LogP contribution >= 0.6 is 0 Å². The van der Waals surface area contributed by atoms with Gasteiger partial charge in [-0.05, 0) is 24.3 Å². The van der Waals surface area contributed by atoms with E-state index in [0.29, 0.717) is 0 Å². The summed E-state index contributed by atoms with van der Waals surface area (Å²) in [5, 5.41) is 0. The molecule has 0 saturated heterocycles. The van der Waals surface area contributed by atoms with E-state index in [1.165, 1.54) is 12.0 Å². The lowest BCUT2D eigenvalue weighted by molar-refractivity contribution is 0.663. The van der Waals surface area contributed by atoms with Gasteiger partial charge in [0.1, 0.15) is 0 Å². The first-order chi connectivity index (χ1) is 6.29. The molecule has 0 atom stereocenters. The zero-order valence-electron chi connectivity index (χ0n) is 8.53. The Labute approximate surface area is 81.3 Å². The Bertz CT molecular complexity index is 244. The molecule has 1 aromatic rings. The number of benzene rings is 1. The molecule has 0 spiro atoms. The summed E-state index contributed by atoms with van der Waals surface area (Å²) in [6.45, 7) is 4.49. The molecule has 0 fully saturated rings. The highest BCUT2D eigenvalue weighted by molar-refractivity contribution is 5.17. The molecule has 1 aromatic carbocycles. The zero-order chi connectivity index (χ0) is 9.52. The van der Waals surface area contributed by atoms with E-state index in [-0.39, 0.29) is 0 Å². The predicted octanol–water partition coefficient (Wildman–Crippen LogP) is 3.83. The summed E-state index contributed by atoms with van der Waals surface area (Å²) < 4.78 is 0. The normalized spacial score (nSPS) is 11.3. The molecule has 0 aliphatic carbocycles. The van der Waals surface area contributed by atoms with E-state index in [0.717, 1.165) is 12.3 Å². The number of hydrogen-bond acceptors (Lipinski definition) is 0. The minimum absolute atomic E-state index is 0.770. The molecule has 0 aliphatic rings. The maximum Gasteiger partial charge on any atom is -0.00975 e. The first kappa shape index (κ1) is 10.0. The van der Waals surface area contributed by atoms with Crippen LogP contribution in [0.2, 0.25) is 0 Å². The van der Waals surface area contributed by atoms with Crippen molar-refractivity contribution in [2.24, 2.45) is 5.92 Å². The fourth-order valence-corrected chi connectivity index (χ4v) is 1.20. The van der Waals surface area contributed by atoms with Gasteiger partial charge in [-0.2, -0.15) is 0 Å². The van der Waals surface area contributed by atoms with Gasteiger partial charge in [-0.3, -0.25) is 0 Å². The zero-order valence-corrected chi connectivity index (χ0v) is 8.53. The number of hydrogen-bond donors (Lipinski definition) is 0. The average Bonchev–Trinajstić information content (AvgIpc) is 2.14. The van der Waals surface area contributed by atoms with Gasteiger partial charge >= 0.3 is 0 Å². The number of rotatable bonds is 4. The lowest BCUT2D eigenvalue weighted by Crippen LogP contribution is -1.83. The summed E-state index contributed by atoms with van der Waals surface area (Å²) in [5.41, 5.74) is 1.39. The minimum atomic E-state index is 0.770. The van der Waals surface area contributed by atoms with Crippen molar-refractivity contribution < 1.29 is 0 Å². The molecule has 0 amide bonds. The molecule has 0 aliphatic heterocycles.